The first-order valence-electron chi connectivity index (χ1n) is 5.30. The van der Waals surface area contributed by atoms with Crippen molar-refractivity contribution >= 4 is 35.7 Å². The molecule has 0 fully saturated rings. The molecule has 5 nitrogen and oxygen atoms in total. The minimum absolute atomic E-state index is 0. The largest absolute Gasteiger partial charge is 0.378 e. The molecule has 0 aromatic heterocycles. The van der Waals surface area contributed by atoms with E-state index in [0.29, 0.717) is 37.0 Å². The maximum Gasteiger partial charge on any atom is 0.319 e. The summed E-state index contributed by atoms with van der Waals surface area (Å²) in [7, 11) is 0. The molecule has 0 saturated carbocycles. The molecule has 2 amide bonds. The second-order valence-electron chi connectivity index (χ2n) is 3.29. The highest BCUT2D eigenvalue weighted by Gasteiger charge is 2.00. The number of nitrogens with two attached hydrogens (primary N) is 1. The Hall–Kier alpha value is -1.01. The lowest BCUT2D eigenvalue weighted by Gasteiger charge is -2.07. The lowest BCUT2D eigenvalue weighted by molar-refractivity contribution is 0.144. The van der Waals surface area contributed by atoms with Gasteiger partial charge in [-0.3, -0.25) is 0 Å². The number of urea groups is 1. The first kappa shape index (κ1) is 17.0. The minimum Gasteiger partial charge on any atom is -0.378 e. The van der Waals surface area contributed by atoms with Crippen molar-refractivity contribution in [3.05, 3.63) is 29.3 Å². The highest BCUT2D eigenvalue weighted by atomic mass is 35.5. The third kappa shape index (κ3) is 7.34. The van der Waals surface area contributed by atoms with E-state index >= 15 is 0 Å². The molecule has 0 bridgehead atoms. The van der Waals surface area contributed by atoms with Gasteiger partial charge in [0.25, 0.3) is 0 Å². The third-order valence-electron chi connectivity index (χ3n) is 1.90. The summed E-state index contributed by atoms with van der Waals surface area (Å²) in [4.78, 5) is 11.4. The minimum atomic E-state index is -0.274. The summed E-state index contributed by atoms with van der Waals surface area (Å²) in [6, 6.07) is 6.60. The van der Waals surface area contributed by atoms with Gasteiger partial charge in [-0.15, -0.1) is 12.4 Å². The number of amides is 2. The van der Waals surface area contributed by atoms with Gasteiger partial charge in [-0.05, 0) is 24.3 Å². The fraction of sp³-hybridized carbons (Fsp3) is 0.364. The van der Waals surface area contributed by atoms with Crippen molar-refractivity contribution in [1.29, 1.82) is 0 Å². The molecule has 1 rings (SSSR count). The molecule has 4 N–H and O–H groups in total. The van der Waals surface area contributed by atoms with Crippen molar-refractivity contribution < 1.29 is 9.53 Å². The standard InChI is InChI=1S/C11H16ClN3O2.ClH/c12-9-1-3-10(4-2-9)15-11(16)14-6-8-17-7-5-13;/h1-4H,5-8,13H2,(H2,14,15,16);1H. The number of hydrogen-bond acceptors (Lipinski definition) is 3. The Labute approximate surface area is 117 Å². The van der Waals surface area contributed by atoms with Gasteiger partial charge in [-0.2, -0.15) is 0 Å². The number of benzene rings is 1. The number of anilines is 1. The zero-order valence-corrected chi connectivity index (χ0v) is 11.4. The van der Waals surface area contributed by atoms with Crippen LogP contribution < -0.4 is 16.4 Å². The Kier molecular flexibility index (Phi) is 9.40. The fourth-order valence-electron chi connectivity index (χ4n) is 1.13. The number of nitrogens with one attached hydrogen (secondary N) is 2. The topological polar surface area (TPSA) is 76.4 Å². The highest BCUT2D eigenvalue weighted by molar-refractivity contribution is 6.30. The zero-order chi connectivity index (χ0) is 12.5. The molecule has 1 aromatic rings. The summed E-state index contributed by atoms with van der Waals surface area (Å²) in [5.41, 5.74) is 5.94. The van der Waals surface area contributed by atoms with Gasteiger partial charge in [0, 0.05) is 23.8 Å². The van der Waals surface area contributed by atoms with Crippen molar-refractivity contribution in [1.82, 2.24) is 5.32 Å². The summed E-state index contributed by atoms with van der Waals surface area (Å²) in [6.45, 7) is 1.88. The van der Waals surface area contributed by atoms with Crippen LogP contribution in [0, 0.1) is 0 Å². The zero-order valence-electron chi connectivity index (χ0n) is 9.82. The Bertz CT molecular complexity index is 347. The monoisotopic (exact) mass is 293 g/mol. The molecule has 0 aliphatic carbocycles. The first-order valence-corrected chi connectivity index (χ1v) is 5.68. The van der Waals surface area contributed by atoms with Crippen molar-refractivity contribution in [2.75, 3.05) is 31.6 Å². The van der Waals surface area contributed by atoms with E-state index in [1.54, 1.807) is 24.3 Å². The maximum absolute atomic E-state index is 11.4. The van der Waals surface area contributed by atoms with E-state index < -0.39 is 0 Å². The van der Waals surface area contributed by atoms with E-state index in [1.807, 2.05) is 0 Å². The summed E-state index contributed by atoms with van der Waals surface area (Å²) < 4.78 is 5.11. The second kappa shape index (κ2) is 9.96. The van der Waals surface area contributed by atoms with Gasteiger partial charge in [0.2, 0.25) is 0 Å². The van der Waals surface area contributed by atoms with Gasteiger partial charge in [-0.1, -0.05) is 11.6 Å². The third-order valence-corrected chi connectivity index (χ3v) is 2.15. The van der Waals surface area contributed by atoms with Crippen LogP contribution in [0.25, 0.3) is 0 Å². The molecule has 18 heavy (non-hydrogen) atoms. The lowest BCUT2D eigenvalue weighted by atomic mass is 10.3. The van der Waals surface area contributed by atoms with E-state index in [0.717, 1.165) is 0 Å². The van der Waals surface area contributed by atoms with Gasteiger partial charge in [0.15, 0.2) is 0 Å². The van der Waals surface area contributed by atoms with Crippen LogP contribution in [-0.2, 0) is 4.74 Å². The number of rotatable bonds is 6. The van der Waals surface area contributed by atoms with E-state index in [-0.39, 0.29) is 18.4 Å². The van der Waals surface area contributed by atoms with E-state index in [2.05, 4.69) is 10.6 Å². The molecule has 0 aliphatic heterocycles. The van der Waals surface area contributed by atoms with Crippen molar-refractivity contribution in [3.8, 4) is 0 Å². The van der Waals surface area contributed by atoms with E-state index in [9.17, 15) is 4.79 Å². The fourth-order valence-corrected chi connectivity index (χ4v) is 1.26. The Morgan fingerprint density at radius 1 is 1.28 bits per heavy atom. The summed E-state index contributed by atoms with van der Waals surface area (Å²) in [6.07, 6.45) is 0. The molecule has 0 saturated heterocycles. The molecule has 0 aliphatic rings. The van der Waals surface area contributed by atoms with Crippen molar-refractivity contribution in [2.24, 2.45) is 5.73 Å². The first-order chi connectivity index (χ1) is 8.22. The smallest absolute Gasteiger partial charge is 0.319 e. The molecule has 0 atom stereocenters. The molecule has 1 aromatic carbocycles. The normalized spacial score (nSPS) is 9.44. The molecule has 0 radical (unpaired) electrons. The van der Waals surface area contributed by atoms with Gasteiger partial charge < -0.3 is 21.1 Å². The quantitative estimate of drug-likeness (QED) is 0.701. The Balaban J connectivity index is 0.00000289. The van der Waals surface area contributed by atoms with Crippen LogP contribution in [0.3, 0.4) is 0 Å². The van der Waals surface area contributed by atoms with Crippen LogP contribution in [0.2, 0.25) is 5.02 Å². The average molecular weight is 294 g/mol. The Morgan fingerprint density at radius 3 is 2.56 bits per heavy atom. The van der Waals surface area contributed by atoms with Gasteiger partial charge >= 0.3 is 6.03 Å². The predicted molar refractivity (Wildman–Crippen MR) is 75.6 cm³/mol. The number of ether oxygens (including phenoxy) is 1. The number of carbonyl (C=O) groups excluding carboxylic acids is 1. The number of hydrogen-bond donors (Lipinski definition) is 3. The molecule has 102 valence electrons. The van der Waals surface area contributed by atoms with Gasteiger partial charge in [0.05, 0.1) is 13.2 Å². The number of carbonyl (C=O) groups is 1. The number of halogens is 2. The molecular formula is C11H17Cl2N3O2. The second-order valence-corrected chi connectivity index (χ2v) is 3.73. The predicted octanol–water partition coefficient (Wildman–Crippen LogP) is 1.86. The average Bonchev–Trinajstić information content (AvgIpc) is 2.32. The summed E-state index contributed by atoms with van der Waals surface area (Å²) in [5, 5.41) is 5.96. The SMILES string of the molecule is Cl.NCCOCCNC(=O)Nc1ccc(Cl)cc1. The van der Waals surface area contributed by atoms with Gasteiger partial charge in [-0.25, -0.2) is 4.79 Å². The van der Waals surface area contributed by atoms with Crippen LogP contribution in [0.15, 0.2) is 24.3 Å². The van der Waals surface area contributed by atoms with Gasteiger partial charge in [0.1, 0.15) is 0 Å². The molecule has 0 spiro atoms. The van der Waals surface area contributed by atoms with Crippen LogP contribution in [0.5, 0.6) is 0 Å². The van der Waals surface area contributed by atoms with Crippen LogP contribution in [0.1, 0.15) is 0 Å². The molecule has 0 heterocycles. The van der Waals surface area contributed by atoms with E-state index in [1.165, 1.54) is 0 Å². The molecular weight excluding hydrogens is 277 g/mol. The lowest BCUT2D eigenvalue weighted by Crippen LogP contribution is -2.31. The summed E-state index contributed by atoms with van der Waals surface area (Å²) in [5.74, 6) is 0. The Morgan fingerprint density at radius 2 is 1.94 bits per heavy atom. The van der Waals surface area contributed by atoms with Crippen LogP contribution in [0.4, 0.5) is 10.5 Å². The van der Waals surface area contributed by atoms with Crippen molar-refractivity contribution in [2.45, 2.75) is 0 Å². The van der Waals surface area contributed by atoms with Crippen LogP contribution >= 0.6 is 24.0 Å². The van der Waals surface area contributed by atoms with Crippen molar-refractivity contribution in [3.63, 3.8) is 0 Å². The van der Waals surface area contributed by atoms with E-state index in [4.69, 9.17) is 22.1 Å². The molecule has 0 unspecified atom stereocenters. The highest BCUT2D eigenvalue weighted by Crippen LogP contribution is 2.12. The van der Waals surface area contributed by atoms with Crippen LogP contribution in [-0.4, -0.2) is 32.3 Å². The summed E-state index contributed by atoms with van der Waals surface area (Å²) >= 11 is 5.73. The maximum atomic E-state index is 11.4. The molecule has 7 heteroatoms.